The molecular weight excluding hydrogens is 1580 g/mol. The van der Waals surface area contributed by atoms with Crippen LogP contribution in [0.25, 0.3) is 0 Å². The molecule has 8 amide bonds. The second-order valence-electron chi connectivity index (χ2n) is 33.2. The minimum absolute atomic E-state index is 0.0510. The number of carbonyl (C=O) groups is 8. The summed E-state index contributed by atoms with van der Waals surface area (Å²) in [7, 11) is 0. The first-order chi connectivity index (χ1) is 56.8. The zero-order chi connectivity index (χ0) is 86.6. The molecule has 43 heteroatoms. The number of amides is 8. The summed E-state index contributed by atoms with van der Waals surface area (Å²) < 4.78 is 93.9. The van der Waals surface area contributed by atoms with Crippen molar-refractivity contribution in [2.75, 3.05) is 198 Å². The molecule has 0 radical (unpaired) electrons. The van der Waals surface area contributed by atoms with Gasteiger partial charge in [-0.3, -0.25) is 43.2 Å². The maximum atomic E-state index is 14.5. The third-order valence-corrected chi connectivity index (χ3v) is 24.8. The third kappa shape index (κ3) is 21.0. The molecule has 19 N–H and O–H groups in total. The predicted octanol–water partition coefficient (Wildman–Crippen LogP) is -8.22. The molecule has 0 bridgehead atoms. The van der Waals surface area contributed by atoms with E-state index in [4.69, 9.17) is 81.7 Å². The highest BCUT2D eigenvalue weighted by Gasteiger charge is 2.93. The Labute approximate surface area is 690 Å². The molecule has 0 spiro atoms. The van der Waals surface area contributed by atoms with E-state index in [1.165, 1.54) is 20.8 Å². The predicted molar refractivity (Wildman–Crippen MR) is 405 cm³/mol. The smallest absolute Gasteiger partial charge is 0.248 e. The van der Waals surface area contributed by atoms with Crippen molar-refractivity contribution in [3.63, 3.8) is 0 Å². The molecule has 3 saturated heterocycles. The lowest BCUT2D eigenvalue weighted by atomic mass is 9.32. The van der Waals surface area contributed by atoms with Crippen molar-refractivity contribution in [1.29, 1.82) is 0 Å². The van der Waals surface area contributed by atoms with Gasteiger partial charge in [-0.05, 0) is 31.6 Å². The molecule has 6 saturated carbocycles. The van der Waals surface area contributed by atoms with Crippen LogP contribution in [0.5, 0.6) is 0 Å². The van der Waals surface area contributed by atoms with E-state index in [1.807, 2.05) is 20.8 Å². The van der Waals surface area contributed by atoms with Crippen LogP contribution in [-0.4, -0.2) is 393 Å². The van der Waals surface area contributed by atoms with Crippen LogP contribution in [0.1, 0.15) is 93.4 Å². The number of nitrogens with one attached hydrogen (secondary N) is 8. The number of carbonyl (C=O) groups excluding carboxylic acids is 8. The fraction of sp³-hybridized carbons (Fsp3) is 0.895. The van der Waals surface area contributed by atoms with Gasteiger partial charge in [0.2, 0.25) is 47.3 Å². The van der Waals surface area contributed by atoms with Crippen molar-refractivity contribution in [2.24, 2.45) is 45.3 Å². The molecule has 43 nitrogen and oxygen atoms in total. The van der Waals surface area contributed by atoms with Gasteiger partial charge in [0.05, 0.1) is 223 Å². The number of rotatable bonds is 64. The Kier molecular flexibility index (Phi) is 35.7. The molecular formula is C76H129N9O34. The SMILES string of the molecule is CCC(C)(CC(=O)NC(COCCC(=O)NCCOCCOCCOC1OC2C3(CO)C(O)C(O)C3C12NC(C)=O)(COCCC(=O)NCCOCCOCCOC1OC2C3(CO)C(O)C(O)C3C12NC(C)=O)COCCC(=O)NCCOCCOCCOC1OC2C3(CO)C(O)C(O)C3C12NC(C)=O)OCCC(C)(C)CCNC(=O)CON. The lowest BCUT2D eigenvalue weighted by Crippen LogP contribution is -3.01. The molecule has 3 aliphatic heterocycles. The highest BCUT2D eigenvalue weighted by Crippen LogP contribution is 2.75. The van der Waals surface area contributed by atoms with E-state index >= 15 is 0 Å². The van der Waals surface area contributed by atoms with E-state index in [0.717, 1.165) is 0 Å². The zero-order valence-electron chi connectivity index (χ0n) is 69.1. The van der Waals surface area contributed by atoms with E-state index in [-0.39, 0.29) is 244 Å². The van der Waals surface area contributed by atoms with Gasteiger partial charge in [-0.25, -0.2) is 5.90 Å². The molecule has 0 aromatic heterocycles. The van der Waals surface area contributed by atoms with E-state index in [2.05, 4.69) is 47.4 Å². The number of aliphatic hydroxyl groups is 9. The van der Waals surface area contributed by atoms with Crippen LogP contribution in [0, 0.1) is 39.4 Å². The first-order valence-electron chi connectivity index (χ1n) is 41.0. The average molecular weight is 1710 g/mol. The van der Waals surface area contributed by atoms with Gasteiger partial charge in [0, 0.05) is 90.6 Å². The Morgan fingerprint density at radius 1 is 0.403 bits per heavy atom. The van der Waals surface area contributed by atoms with Gasteiger partial charge in [-0.1, -0.05) is 20.8 Å². The van der Waals surface area contributed by atoms with Gasteiger partial charge < -0.3 is 164 Å². The molecule has 9 aliphatic rings. The molecule has 682 valence electrons. The van der Waals surface area contributed by atoms with Crippen LogP contribution in [0.3, 0.4) is 0 Å². The van der Waals surface area contributed by atoms with Gasteiger partial charge in [0.25, 0.3) is 0 Å². The number of hydrogen-bond donors (Lipinski definition) is 18. The summed E-state index contributed by atoms with van der Waals surface area (Å²) >= 11 is 0. The molecule has 9 fully saturated rings. The van der Waals surface area contributed by atoms with Gasteiger partial charge in [-0.15, -0.1) is 0 Å². The van der Waals surface area contributed by atoms with E-state index in [1.54, 1.807) is 6.92 Å². The normalized spacial score (nSPS) is 33.4. The van der Waals surface area contributed by atoms with Crippen molar-refractivity contribution in [3.8, 4) is 0 Å². The summed E-state index contributed by atoms with van der Waals surface area (Å²) in [5.74, 6) is -0.123. The Morgan fingerprint density at radius 2 is 0.723 bits per heavy atom. The lowest BCUT2D eigenvalue weighted by molar-refractivity contribution is -0.496. The number of hydrogen-bond acceptors (Lipinski definition) is 35. The first kappa shape index (κ1) is 97.5. The van der Waals surface area contributed by atoms with Crippen molar-refractivity contribution >= 4 is 47.3 Å². The second-order valence-corrected chi connectivity index (χ2v) is 33.2. The van der Waals surface area contributed by atoms with Crippen LogP contribution in [0.15, 0.2) is 0 Å². The maximum absolute atomic E-state index is 14.5. The van der Waals surface area contributed by atoms with E-state index in [9.17, 15) is 84.3 Å². The van der Waals surface area contributed by atoms with Crippen molar-refractivity contribution in [1.82, 2.24) is 42.5 Å². The molecule has 3 heterocycles. The van der Waals surface area contributed by atoms with Crippen molar-refractivity contribution < 1.29 is 165 Å². The molecule has 22 atom stereocenters. The van der Waals surface area contributed by atoms with E-state index in [0.29, 0.717) is 25.8 Å². The van der Waals surface area contributed by atoms with Gasteiger partial charge >= 0.3 is 0 Å². The fourth-order valence-electron chi connectivity index (χ4n) is 18.7. The fourth-order valence-corrected chi connectivity index (χ4v) is 18.7. The summed E-state index contributed by atoms with van der Waals surface area (Å²) in [6, 6.07) is 0. The second kappa shape index (κ2) is 43.5. The number of fused-ring (bicyclic) bond motifs is 12. The summed E-state index contributed by atoms with van der Waals surface area (Å²) in [6.07, 6.45) is -11.1. The Bertz CT molecular complexity index is 3050. The highest BCUT2D eigenvalue weighted by atomic mass is 16.7. The summed E-state index contributed by atoms with van der Waals surface area (Å²) in [5, 5.41) is 116. The number of ether oxygens (including phenoxy) is 16. The minimum Gasteiger partial charge on any atom is -0.396 e. The summed E-state index contributed by atoms with van der Waals surface area (Å²) in [4.78, 5) is 107. The zero-order valence-corrected chi connectivity index (χ0v) is 69.1. The minimum atomic E-state index is -1.51. The molecule has 0 aromatic rings. The largest absolute Gasteiger partial charge is 0.396 e. The lowest BCUT2D eigenvalue weighted by Gasteiger charge is -2.82. The average Bonchev–Trinajstić information content (AvgIpc) is 0.636. The first-order valence-corrected chi connectivity index (χ1v) is 41.0. The Balaban J connectivity index is 0.717. The van der Waals surface area contributed by atoms with Gasteiger partial charge in [0.15, 0.2) is 18.9 Å². The summed E-state index contributed by atoms with van der Waals surface area (Å²) in [5.41, 5.74) is -9.37. The van der Waals surface area contributed by atoms with Crippen molar-refractivity contribution in [2.45, 2.75) is 195 Å². The topological polar surface area (TPSA) is 598 Å². The number of nitrogens with two attached hydrogens (primary N) is 1. The van der Waals surface area contributed by atoms with Gasteiger partial charge in [0.1, 0.15) is 47.1 Å². The van der Waals surface area contributed by atoms with Crippen LogP contribution in [-0.2, 0) is 119 Å². The maximum Gasteiger partial charge on any atom is 0.248 e. The Hall–Kier alpha value is -5.32. The van der Waals surface area contributed by atoms with Crippen LogP contribution < -0.4 is 48.4 Å². The standard InChI is InChI=1S/C76H129N9O34/c1-8-69(7,115-21-13-68(5,6)12-14-78-52(96)38-116-77)37-51(95)85-70(42-109-18-9-48(92)79-15-22-103-25-28-106-31-34-112-65-74(82-45(2)89)56-53(97)59(100)71(56,39-86)62(74)117-65,43-110-19-10-49(93)80-16-23-104-26-29-107-32-35-113-66-75(83-46(3)90)57-54(98)60(101)72(57,40-87)63(75)118-66)44-111-20-11-50(94)81-17-24-105-27-30-108-33-36-114-67-76(84-47(4)91)58-55(99)61(102)73(58,41-88)64(76)119-67/h53-67,86-88,97-102H,8-44,77H2,1-7H3,(H,78,96)(H,79,92)(H,80,93)(H,81,94)(H,82,89)(H,83,90)(H,84,91)(H,85,95). The third-order valence-electron chi connectivity index (χ3n) is 24.8. The molecule has 22 unspecified atom stereocenters. The molecule has 119 heavy (non-hydrogen) atoms. The van der Waals surface area contributed by atoms with Crippen LogP contribution >= 0.6 is 0 Å². The summed E-state index contributed by atoms with van der Waals surface area (Å²) in [6.45, 7) is 11.6. The molecule has 6 aliphatic carbocycles. The highest BCUT2D eigenvalue weighted by molar-refractivity contribution is 5.79. The monoisotopic (exact) mass is 1710 g/mol. The van der Waals surface area contributed by atoms with E-state index < -0.39 is 161 Å². The quantitative estimate of drug-likeness (QED) is 0.0199. The van der Waals surface area contributed by atoms with Crippen LogP contribution in [0.2, 0.25) is 0 Å². The van der Waals surface area contributed by atoms with Crippen molar-refractivity contribution in [3.05, 3.63) is 0 Å². The molecule has 0 aromatic carbocycles. The molecule has 9 rings (SSSR count). The van der Waals surface area contributed by atoms with Gasteiger partial charge in [-0.2, -0.15) is 0 Å². The number of aliphatic hydroxyl groups excluding tert-OH is 9. The van der Waals surface area contributed by atoms with Crippen LogP contribution in [0.4, 0.5) is 0 Å². The Morgan fingerprint density at radius 3 is 1.03 bits per heavy atom.